The Balaban J connectivity index is 1.46. The van der Waals surface area contributed by atoms with E-state index in [1.807, 2.05) is 60.7 Å². The predicted octanol–water partition coefficient (Wildman–Crippen LogP) is 4.25. The molecule has 13 heteroatoms. The van der Waals surface area contributed by atoms with Crippen LogP contribution in [0.2, 0.25) is 0 Å². The van der Waals surface area contributed by atoms with Gasteiger partial charge in [0.15, 0.2) is 15.5 Å². The summed E-state index contributed by atoms with van der Waals surface area (Å²) in [5, 5.41) is 14.4. The van der Waals surface area contributed by atoms with Crippen molar-refractivity contribution in [2.75, 3.05) is 7.11 Å². The summed E-state index contributed by atoms with van der Waals surface area (Å²) in [5.41, 5.74) is 1.70. The first-order chi connectivity index (χ1) is 22.7. The van der Waals surface area contributed by atoms with E-state index in [1.54, 1.807) is 18.2 Å². The maximum Gasteiger partial charge on any atom is 0.408 e. The Bertz CT molecular complexity index is 1730. The summed E-state index contributed by atoms with van der Waals surface area (Å²) >= 11 is 0. The molecule has 0 spiro atoms. The molecule has 0 saturated heterocycles. The van der Waals surface area contributed by atoms with E-state index in [4.69, 9.17) is 4.74 Å². The van der Waals surface area contributed by atoms with Gasteiger partial charge in [-0.3, -0.25) is 9.48 Å². The van der Waals surface area contributed by atoms with E-state index in [0.717, 1.165) is 16.5 Å². The van der Waals surface area contributed by atoms with Gasteiger partial charge in [0, 0.05) is 24.4 Å². The molecule has 0 unspecified atom stereocenters. The van der Waals surface area contributed by atoms with Gasteiger partial charge in [-0.1, -0.05) is 90.2 Å². The SMILES string of the molecule is COC(=O)c1cn(CCCC[C@@H](/C=C/S(=O)(=O)c2ccccc2)NC(=O)[C@H](Cc2ccccc2)NC(=O)OCc2ccccc2)nn1. The van der Waals surface area contributed by atoms with E-state index in [2.05, 4.69) is 25.7 Å². The number of sulfone groups is 1. The third-order valence-corrected chi connectivity index (χ3v) is 8.52. The Morgan fingerprint density at radius 1 is 0.872 bits per heavy atom. The number of ether oxygens (including phenoxy) is 2. The van der Waals surface area contributed by atoms with Gasteiger partial charge < -0.3 is 20.1 Å². The van der Waals surface area contributed by atoms with Gasteiger partial charge in [0.1, 0.15) is 12.6 Å². The van der Waals surface area contributed by atoms with Crippen molar-refractivity contribution in [2.24, 2.45) is 0 Å². The summed E-state index contributed by atoms with van der Waals surface area (Å²) in [6.07, 6.45) is 3.87. The second-order valence-electron chi connectivity index (χ2n) is 10.6. The van der Waals surface area contributed by atoms with E-state index >= 15 is 0 Å². The van der Waals surface area contributed by atoms with Crippen LogP contribution in [0.15, 0.2) is 114 Å². The van der Waals surface area contributed by atoms with Gasteiger partial charge in [0.05, 0.1) is 18.2 Å². The quantitative estimate of drug-likeness (QED) is 0.133. The molecule has 0 saturated carbocycles. The van der Waals surface area contributed by atoms with E-state index in [1.165, 1.54) is 36.2 Å². The van der Waals surface area contributed by atoms with Crippen LogP contribution in [0.3, 0.4) is 0 Å². The lowest BCUT2D eigenvalue weighted by Crippen LogP contribution is -2.50. The fraction of sp³-hybridized carbons (Fsp3) is 0.265. The molecule has 1 aromatic heterocycles. The Hall–Kier alpha value is -5.30. The number of rotatable bonds is 16. The molecule has 0 bridgehead atoms. The van der Waals surface area contributed by atoms with Crippen molar-refractivity contribution in [3.63, 3.8) is 0 Å². The van der Waals surface area contributed by atoms with Crippen LogP contribution in [0.1, 0.15) is 40.9 Å². The molecule has 0 radical (unpaired) electrons. The van der Waals surface area contributed by atoms with Crippen LogP contribution >= 0.6 is 0 Å². The van der Waals surface area contributed by atoms with Gasteiger partial charge in [-0.2, -0.15) is 0 Å². The number of aryl methyl sites for hydroxylation is 1. The first-order valence-corrected chi connectivity index (χ1v) is 16.6. The molecular weight excluding hydrogens is 622 g/mol. The monoisotopic (exact) mass is 659 g/mol. The number of carbonyl (C=O) groups excluding carboxylic acids is 3. The molecule has 47 heavy (non-hydrogen) atoms. The average molecular weight is 660 g/mol. The molecule has 2 atom stereocenters. The van der Waals surface area contributed by atoms with Crippen molar-refractivity contribution in [3.8, 4) is 0 Å². The fourth-order valence-electron chi connectivity index (χ4n) is 4.60. The van der Waals surface area contributed by atoms with Gasteiger partial charge in [-0.05, 0) is 42.5 Å². The summed E-state index contributed by atoms with van der Waals surface area (Å²) in [6, 6.07) is 24.7. The fourth-order valence-corrected chi connectivity index (χ4v) is 5.69. The number of benzene rings is 3. The van der Waals surface area contributed by atoms with Crippen LogP contribution in [-0.2, 0) is 43.7 Å². The lowest BCUT2D eigenvalue weighted by molar-refractivity contribution is -0.123. The molecule has 0 aliphatic heterocycles. The highest BCUT2D eigenvalue weighted by atomic mass is 32.2. The van der Waals surface area contributed by atoms with Crippen LogP contribution in [0.25, 0.3) is 0 Å². The maximum atomic E-state index is 13.7. The van der Waals surface area contributed by atoms with Crippen LogP contribution in [-0.4, -0.2) is 60.6 Å². The minimum atomic E-state index is -3.78. The van der Waals surface area contributed by atoms with Gasteiger partial charge in [0.25, 0.3) is 0 Å². The zero-order chi connectivity index (χ0) is 33.5. The van der Waals surface area contributed by atoms with E-state index < -0.39 is 39.9 Å². The van der Waals surface area contributed by atoms with Gasteiger partial charge in [-0.25, -0.2) is 18.0 Å². The van der Waals surface area contributed by atoms with Crippen molar-refractivity contribution >= 4 is 27.8 Å². The zero-order valence-electron chi connectivity index (χ0n) is 25.9. The number of nitrogens with zero attached hydrogens (tertiary/aromatic N) is 3. The molecule has 4 rings (SSSR count). The van der Waals surface area contributed by atoms with Crippen LogP contribution < -0.4 is 10.6 Å². The molecule has 2 amide bonds. The highest BCUT2D eigenvalue weighted by Crippen LogP contribution is 2.14. The molecule has 0 fully saturated rings. The van der Waals surface area contributed by atoms with Crippen molar-refractivity contribution in [3.05, 3.63) is 125 Å². The Labute approximate surface area is 273 Å². The normalized spacial score (nSPS) is 12.6. The molecular formula is C34H37N5O7S. The third kappa shape index (κ3) is 11.2. The van der Waals surface area contributed by atoms with E-state index in [0.29, 0.717) is 25.8 Å². The summed E-state index contributed by atoms with van der Waals surface area (Å²) < 4.78 is 37.5. The zero-order valence-corrected chi connectivity index (χ0v) is 26.7. The van der Waals surface area contributed by atoms with E-state index in [9.17, 15) is 22.8 Å². The number of amides is 2. The minimum absolute atomic E-state index is 0.0297. The number of carbonyl (C=O) groups is 3. The molecule has 1 heterocycles. The molecule has 0 aliphatic rings. The van der Waals surface area contributed by atoms with Crippen molar-refractivity contribution in [1.29, 1.82) is 0 Å². The Kier molecular flexibility index (Phi) is 12.8. The number of methoxy groups -OCH3 is 1. The third-order valence-electron chi connectivity index (χ3n) is 7.08. The second-order valence-corrected chi connectivity index (χ2v) is 12.4. The number of aromatic nitrogens is 3. The summed E-state index contributed by atoms with van der Waals surface area (Å²) in [4.78, 5) is 38.3. The standard InChI is InChI=1S/C34H37N5O7S/c1-45-33(41)31-24-39(38-37-31)21-12-11-17-28(20-22-47(43,44)29-18-9-4-10-19-29)35-32(40)30(23-26-13-5-2-6-14-26)36-34(42)46-25-27-15-7-3-8-16-27/h2-10,13-16,18-20,22,24,28,30H,11-12,17,21,23,25H2,1H3,(H,35,40)(H,36,42)/b22-20+/t28-,30-/m0/s1. The molecule has 246 valence electrons. The predicted molar refractivity (Wildman–Crippen MR) is 174 cm³/mol. The topological polar surface area (TPSA) is 159 Å². The summed E-state index contributed by atoms with van der Waals surface area (Å²) in [7, 11) is -2.52. The van der Waals surface area contributed by atoms with Gasteiger partial charge >= 0.3 is 12.1 Å². The molecule has 4 aromatic rings. The number of esters is 1. The van der Waals surface area contributed by atoms with Gasteiger partial charge in [0.2, 0.25) is 5.91 Å². The summed E-state index contributed by atoms with van der Waals surface area (Å²) in [6.45, 7) is 0.462. The largest absolute Gasteiger partial charge is 0.464 e. The highest BCUT2D eigenvalue weighted by Gasteiger charge is 2.24. The number of nitrogens with one attached hydrogen (secondary N) is 2. The molecule has 3 aromatic carbocycles. The van der Waals surface area contributed by atoms with E-state index in [-0.39, 0.29) is 23.6 Å². The number of hydrogen-bond acceptors (Lipinski definition) is 9. The first-order valence-electron chi connectivity index (χ1n) is 15.0. The molecule has 12 nitrogen and oxygen atoms in total. The summed E-state index contributed by atoms with van der Waals surface area (Å²) in [5.74, 6) is -1.09. The smallest absolute Gasteiger partial charge is 0.408 e. The maximum absolute atomic E-state index is 13.7. The van der Waals surface area contributed by atoms with Gasteiger partial charge in [-0.15, -0.1) is 5.10 Å². The average Bonchev–Trinajstić information content (AvgIpc) is 3.57. The second kappa shape index (κ2) is 17.4. The number of unbranched alkanes of at least 4 members (excludes halogenated alkanes) is 1. The number of alkyl carbamates (subject to hydrolysis) is 1. The first kappa shape index (κ1) is 34.6. The minimum Gasteiger partial charge on any atom is -0.464 e. The lowest BCUT2D eigenvalue weighted by atomic mass is 10.0. The number of hydrogen-bond donors (Lipinski definition) is 2. The van der Waals surface area contributed by atoms with Crippen LogP contribution in [0.4, 0.5) is 4.79 Å². The van der Waals surface area contributed by atoms with Crippen LogP contribution in [0.5, 0.6) is 0 Å². The van der Waals surface area contributed by atoms with Crippen molar-refractivity contribution in [1.82, 2.24) is 25.6 Å². The van der Waals surface area contributed by atoms with Crippen molar-refractivity contribution < 1.29 is 32.3 Å². The van der Waals surface area contributed by atoms with Crippen molar-refractivity contribution in [2.45, 2.75) is 55.8 Å². The Morgan fingerprint density at radius 2 is 1.51 bits per heavy atom. The molecule has 0 aliphatic carbocycles. The Morgan fingerprint density at radius 3 is 2.17 bits per heavy atom. The molecule has 2 N–H and O–H groups in total. The van der Waals surface area contributed by atoms with Crippen LogP contribution in [0, 0.1) is 0 Å². The lowest BCUT2D eigenvalue weighted by Gasteiger charge is -2.22. The highest BCUT2D eigenvalue weighted by molar-refractivity contribution is 7.94.